The largest absolute Gasteiger partial charge is 0.508 e. The fourth-order valence-electron chi connectivity index (χ4n) is 3.06. The van der Waals surface area contributed by atoms with Gasteiger partial charge in [-0.2, -0.15) is 5.10 Å². The highest BCUT2D eigenvalue weighted by molar-refractivity contribution is 7.99. The number of nitrogens with zero attached hydrogens (tertiary/aromatic N) is 3. The number of para-hydroxylation sites is 2. The van der Waals surface area contributed by atoms with Crippen LogP contribution in [0, 0.1) is 0 Å². The summed E-state index contributed by atoms with van der Waals surface area (Å²) < 4.78 is 2.10. The van der Waals surface area contributed by atoms with Crippen molar-refractivity contribution in [2.24, 2.45) is 5.10 Å². The predicted molar refractivity (Wildman–Crippen MR) is 122 cm³/mol. The summed E-state index contributed by atoms with van der Waals surface area (Å²) in [5.74, 6) is -0.329. The topological polar surface area (TPSA) is 99.7 Å². The third kappa shape index (κ3) is 5.04. The molecule has 1 heterocycles. The van der Waals surface area contributed by atoms with Crippen LogP contribution in [0.25, 0.3) is 11.0 Å². The van der Waals surface area contributed by atoms with Crippen molar-refractivity contribution >= 4 is 34.9 Å². The van der Waals surface area contributed by atoms with E-state index in [1.165, 1.54) is 36.2 Å². The number of benzene rings is 3. The van der Waals surface area contributed by atoms with Gasteiger partial charge in [-0.3, -0.25) is 4.79 Å². The van der Waals surface area contributed by atoms with Gasteiger partial charge in [0.1, 0.15) is 11.5 Å². The third-order valence-electron chi connectivity index (χ3n) is 4.54. The Bertz CT molecular complexity index is 1240. The number of hydrogen-bond donors (Lipinski definition) is 3. The van der Waals surface area contributed by atoms with E-state index < -0.39 is 0 Å². The summed E-state index contributed by atoms with van der Waals surface area (Å²) >= 11 is 1.33. The predicted octanol–water partition coefficient (Wildman–Crippen LogP) is 3.74. The molecule has 0 aliphatic carbocycles. The van der Waals surface area contributed by atoms with Crippen LogP contribution in [0.2, 0.25) is 0 Å². The summed E-state index contributed by atoms with van der Waals surface area (Å²) in [6.45, 7) is 0.656. The molecule has 1 aromatic heterocycles. The van der Waals surface area contributed by atoms with Gasteiger partial charge >= 0.3 is 0 Å². The number of hydrogen-bond acceptors (Lipinski definition) is 6. The number of imidazole rings is 1. The molecular weight excluding hydrogens is 412 g/mol. The van der Waals surface area contributed by atoms with Crippen molar-refractivity contribution in [2.45, 2.75) is 11.7 Å². The number of carbonyl (C=O) groups is 1. The number of phenolic OH excluding ortho intramolecular Hbond substituents is 2. The van der Waals surface area contributed by atoms with E-state index in [0.717, 1.165) is 21.8 Å². The van der Waals surface area contributed by atoms with Gasteiger partial charge in [0.25, 0.3) is 5.91 Å². The molecule has 0 saturated carbocycles. The summed E-state index contributed by atoms with van der Waals surface area (Å²) in [6, 6.07) is 22.1. The van der Waals surface area contributed by atoms with Gasteiger partial charge in [-0.1, -0.05) is 54.2 Å². The zero-order valence-electron chi connectivity index (χ0n) is 16.5. The van der Waals surface area contributed by atoms with Crippen LogP contribution in [0.3, 0.4) is 0 Å². The molecule has 0 spiro atoms. The summed E-state index contributed by atoms with van der Waals surface area (Å²) in [6.07, 6.45) is 1.32. The van der Waals surface area contributed by atoms with Crippen molar-refractivity contribution in [3.05, 3.63) is 83.9 Å². The monoisotopic (exact) mass is 432 g/mol. The maximum absolute atomic E-state index is 12.2. The molecule has 1 amide bonds. The van der Waals surface area contributed by atoms with Crippen molar-refractivity contribution in [1.29, 1.82) is 0 Å². The Morgan fingerprint density at radius 1 is 1.06 bits per heavy atom. The van der Waals surface area contributed by atoms with Crippen LogP contribution < -0.4 is 5.43 Å². The Labute approximate surface area is 183 Å². The number of fused-ring (bicyclic) bond motifs is 1. The number of hydrazone groups is 1. The van der Waals surface area contributed by atoms with E-state index in [2.05, 4.69) is 32.2 Å². The molecule has 4 aromatic rings. The van der Waals surface area contributed by atoms with Crippen LogP contribution in [-0.2, 0) is 11.3 Å². The Kier molecular flexibility index (Phi) is 6.18. The van der Waals surface area contributed by atoms with Crippen LogP contribution in [0.5, 0.6) is 11.5 Å². The molecule has 156 valence electrons. The number of nitrogens with one attached hydrogen (secondary N) is 1. The molecule has 4 rings (SSSR count). The molecule has 7 nitrogen and oxygen atoms in total. The second-order valence-electron chi connectivity index (χ2n) is 6.78. The molecule has 0 unspecified atom stereocenters. The zero-order valence-corrected chi connectivity index (χ0v) is 17.3. The van der Waals surface area contributed by atoms with Crippen LogP contribution >= 0.6 is 11.8 Å². The second kappa shape index (κ2) is 9.36. The molecular formula is C23H20N4O3S. The highest BCUT2D eigenvalue weighted by atomic mass is 32.2. The second-order valence-corrected chi connectivity index (χ2v) is 7.72. The van der Waals surface area contributed by atoms with Crippen molar-refractivity contribution in [3.63, 3.8) is 0 Å². The minimum absolute atomic E-state index is 0.0477. The Balaban J connectivity index is 1.44. The van der Waals surface area contributed by atoms with Gasteiger partial charge in [0.05, 0.1) is 29.5 Å². The van der Waals surface area contributed by atoms with E-state index in [9.17, 15) is 15.0 Å². The van der Waals surface area contributed by atoms with Gasteiger partial charge in [-0.05, 0) is 29.8 Å². The number of carbonyl (C=O) groups excluding carboxylic acids is 1. The fourth-order valence-corrected chi connectivity index (χ4v) is 3.87. The molecule has 3 aromatic carbocycles. The SMILES string of the molecule is O=C(CSc1nc2ccccc2n1Cc1ccccc1)N/N=C/c1ccc(O)cc1O. The first-order valence-electron chi connectivity index (χ1n) is 9.56. The van der Waals surface area contributed by atoms with Gasteiger partial charge in [-0.15, -0.1) is 0 Å². The minimum atomic E-state index is -0.294. The number of aromatic nitrogens is 2. The maximum Gasteiger partial charge on any atom is 0.250 e. The number of rotatable bonds is 7. The number of amides is 1. The van der Waals surface area contributed by atoms with Gasteiger partial charge in [0.2, 0.25) is 0 Å². The van der Waals surface area contributed by atoms with Gasteiger partial charge in [0.15, 0.2) is 5.16 Å². The van der Waals surface area contributed by atoms with Crippen molar-refractivity contribution in [3.8, 4) is 11.5 Å². The highest BCUT2D eigenvalue weighted by Gasteiger charge is 2.13. The van der Waals surface area contributed by atoms with Gasteiger partial charge in [-0.25, -0.2) is 10.4 Å². The first-order valence-corrected chi connectivity index (χ1v) is 10.5. The number of aromatic hydroxyl groups is 2. The van der Waals surface area contributed by atoms with E-state index in [1.54, 1.807) is 0 Å². The smallest absolute Gasteiger partial charge is 0.250 e. The standard InChI is InChI=1S/C23H20N4O3S/c28-18-11-10-17(21(29)12-18)13-24-26-22(30)15-31-23-25-19-8-4-5-9-20(19)27(23)14-16-6-2-1-3-7-16/h1-13,28-29H,14-15H2,(H,26,30)/b24-13+. The lowest BCUT2D eigenvalue weighted by Gasteiger charge is -2.09. The third-order valence-corrected chi connectivity index (χ3v) is 5.52. The molecule has 0 atom stereocenters. The van der Waals surface area contributed by atoms with E-state index in [1.807, 2.05) is 42.5 Å². The molecule has 0 aliphatic rings. The van der Waals surface area contributed by atoms with Gasteiger partial charge < -0.3 is 14.8 Å². The van der Waals surface area contributed by atoms with E-state index in [4.69, 9.17) is 0 Å². The average molecular weight is 433 g/mol. The zero-order chi connectivity index (χ0) is 21.6. The highest BCUT2D eigenvalue weighted by Crippen LogP contribution is 2.25. The Morgan fingerprint density at radius 3 is 2.65 bits per heavy atom. The van der Waals surface area contributed by atoms with Crippen LogP contribution in [0.15, 0.2) is 83.1 Å². The number of phenols is 2. The lowest BCUT2D eigenvalue weighted by atomic mass is 10.2. The normalized spacial score (nSPS) is 11.2. The quantitative estimate of drug-likeness (QED) is 0.235. The van der Waals surface area contributed by atoms with E-state index in [0.29, 0.717) is 12.1 Å². The van der Waals surface area contributed by atoms with Gasteiger partial charge in [0, 0.05) is 11.6 Å². The summed E-state index contributed by atoms with van der Waals surface area (Å²) in [7, 11) is 0. The molecule has 0 bridgehead atoms. The average Bonchev–Trinajstić information content (AvgIpc) is 3.12. The van der Waals surface area contributed by atoms with Crippen molar-refractivity contribution < 1.29 is 15.0 Å². The lowest BCUT2D eigenvalue weighted by Crippen LogP contribution is -2.20. The van der Waals surface area contributed by atoms with Crippen LogP contribution in [-0.4, -0.2) is 37.6 Å². The maximum atomic E-state index is 12.2. The molecule has 3 N–H and O–H groups in total. The first kappa shape index (κ1) is 20.5. The van der Waals surface area contributed by atoms with Crippen LogP contribution in [0.1, 0.15) is 11.1 Å². The van der Waals surface area contributed by atoms with E-state index in [-0.39, 0.29) is 23.2 Å². The minimum Gasteiger partial charge on any atom is -0.508 e. The summed E-state index contributed by atoms with van der Waals surface area (Å²) in [4.78, 5) is 16.9. The fraction of sp³-hybridized carbons (Fsp3) is 0.0870. The van der Waals surface area contributed by atoms with E-state index >= 15 is 0 Å². The van der Waals surface area contributed by atoms with Crippen molar-refractivity contribution in [1.82, 2.24) is 15.0 Å². The molecule has 8 heteroatoms. The first-order chi connectivity index (χ1) is 15.1. The number of thioether (sulfide) groups is 1. The van der Waals surface area contributed by atoms with Crippen molar-refractivity contribution in [2.75, 3.05) is 5.75 Å². The Morgan fingerprint density at radius 2 is 1.84 bits per heavy atom. The molecule has 0 fully saturated rings. The lowest BCUT2D eigenvalue weighted by molar-refractivity contribution is -0.118. The molecule has 0 aliphatic heterocycles. The molecule has 31 heavy (non-hydrogen) atoms. The Hall–Kier alpha value is -3.78. The molecule has 0 radical (unpaired) electrons. The summed E-state index contributed by atoms with van der Waals surface area (Å²) in [5.41, 5.74) is 5.86. The molecule has 0 saturated heterocycles. The summed E-state index contributed by atoms with van der Waals surface area (Å²) in [5, 5.41) is 23.7. The van der Waals surface area contributed by atoms with Crippen LogP contribution in [0.4, 0.5) is 0 Å².